The Labute approximate surface area is 80.4 Å². The first-order chi connectivity index (χ1) is 5.92. The Morgan fingerprint density at radius 2 is 1.36 bits per heavy atom. The lowest BCUT2D eigenvalue weighted by Gasteiger charge is -2.26. The highest BCUT2D eigenvalue weighted by molar-refractivity contribution is 7.72. The van der Waals surface area contributed by atoms with Crippen molar-refractivity contribution in [2.24, 2.45) is 0 Å². The summed E-state index contributed by atoms with van der Waals surface area (Å²) >= 11 is 0. The van der Waals surface area contributed by atoms with Gasteiger partial charge in [0.1, 0.15) is 0 Å². The van der Waals surface area contributed by atoms with Gasteiger partial charge in [-0.05, 0) is 19.9 Å². The van der Waals surface area contributed by atoms with Gasteiger partial charge in [-0.2, -0.15) is 0 Å². The van der Waals surface area contributed by atoms with E-state index < -0.39 is 20.3 Å². The Balaban J connectivity index is 5.67. The van der Waals surface area contributed by atoms with E-state index in [9.17, 15) is 14.2 Å². The number of hydrogen-bond acceptors (Lipinski definition) is 3. The van der Waals surface area contributed by atoms with Crippen LogP contribution in [-0.4, -0.2) is 29.8 Å². The molecule has 5 N–H and O–H groups in total. The second kappa shape index (κ2) is 3.87. The van der Waals surface area contributed by atoms with Crippen LogP contribution >= 0.6 is 15.2 Å². The second-order valence-corrected chi connectivity index (χ2v) is 6.89. The van der Waals surface area contributed by atoms with E-state index in [1.54, 1.807) is 0 Å². The van der Waals surface area contributed by atoms with Crippen LogP contribution in [0.15, 0.2) is 11.6 Å². The third kappa shape index (κ3) is 2.74. The van der Waals surface area contributed by atoms with Gasteiger partial charge in [-0.1, -0.05) is 5.57 Å². The second-order valence-electron chi connectivity index (χ2n) is 3.00. The topological polar surface area (TPSA) is 135 Å². The molecule has 0 saturated heterocycles. The van der Waals surface area contributed by atoms with Gasteiger partial charge in [0.05, 0.1) is 0 Å². The summed E-state index contributed by atoms with van der Waals surface area (Å²) < 4.78 is 21.5. The maximum absolute atomic E-state index is 10.7. The highest BCUT2D eigenvalue weighted by Crippen LogP contribution is 2.68. The highest BCUT2D eigenvalue weighted by Gasteiger charge is 2.57. The van der Waals surface area contributed by atoms with E-state index in [1.807, 2.05) is 0 Å². The Morgan fingerprint density at radius 1 is 1.07 bits per heavy atom. The lowest BCUT2D eigenvalue weighted by Crippen LogP contribution is -2.26. The third-order valence-corrected chi connectivity index (χ3v) is 4.88. The number of allylic oxidation sites excluding steroid dienone is 1. The summed E-state index contributed by atoms with van der Waals surface area (Å²) in [7, 11) is -10.7. The van der Waals surface area contributed by atoms with Gasteiger partial charge in [0.15, 0.2) is 0 Å². The molecule has 0 unspecified atom stereocenters. The standard InChI is InChI=1S/C5H12O7P2/c1-4(2)3-5(6,13(7,8)9)14(10,11)12/h3,6H,1-2H3,(H2,7,8,9)(H2,10,11,12). The Hall–Kier alpha value is -0.0000000000000000416. The van der Waals surface area contributed by atoms with Crippen molar-refractivity contribution in [3.63, 3.8) is 0 Å². The minimum Gasteiger partial charge on any atom is -0.364 e. The van der Waals surface area contributed by atoms with Gasteiger partial charge in [0.25, 0.3) is 5.08 Å². The molecule has 0 aromatic rings. The Kier molecular flexibility index (Phi) is 3.87. The fourth-order valence-corrected chi connectivity index (χ4v) is 2.94. The molecule has 0 aliphatic carbocycles. The summed E-state index contributed by atoms with van der Waals surface area (Å²) in [6.07, 6.45) is 0.467. The molecule has 0 spiro atoms. The summed E-state index contributed by atoms with van der Waals surface area (Å²) in [6.45, 7) is 2.69. The van der Waals surface area contributed by atoms with Crippen LogP contribution < -0.4 is 0 Å². The van der Waals surface area contributed by atoms with E-state index in [2.05, 4.69) is 0 Å². The fraction of sp³-hybridized carbons (Fsp3) is 0.600. The molecule has 0 radical (unpaired) electrons. The molecule has 0 bridgehead atoms. The number of hydrogen-bond donors (Lipinski definition) is 5. The number of aliphatic hydroxyl groups is 1. The zero-order valence-electron chi connectivity index (χ0n) is 7.52. The van der Waals surface area contributed by atoms with Crippen LogP contribution in [0.2, 0.25) is 0 Å². The summed E-state index contributed by atoms with van der Waals surface area (Å²) in [4.78, 5) is 34.6. The van der Waals surface area contributed by atoms with Crippen LogP contribution in [0.1, 0.15) is 13.8 Å². The average molecular weight is 246 g/mol. The van der Waals surface area contributed by atoms with Crippen molar-refractivity contribution >= 4 is 15.2 Å². The molecule has 0 fully saturated rings. The molecule has 84 valence electrons. The first-order valence-electron chi connectivity index (χ1n) is 3.41. The zero-order chi connectivity index (χ0) is 11.8. The van der Waals surface area contributed by atoms with Crippen molar-refractivity contribution in [3.8, 4) is 0 Å². The van der Waals surface area contributed by atoms with Crippen molar-refractivity contribution in [2.75, 3.05) is 0 Å². The minimum atomic E-state index is -5.35. The quantitative estimate of drug-likeness (QED) is 0.348. The van der Waals surface area contributed by atoms with Gasteiger partial charge in [0, 0.05) is 0 Å². The molecule has 9 heteroatoms. The van der Waals surface area contributed by atoms with Crippen molar-refractivity contribution in [1.82, 2.24) is 0 Å². The molecule has 0 rings (SSSR count). The van der Waals surface area contributed by atoms with Crippen molar-refractivity contribution in [1.29, 1.82) is 0 Å². The Morgan fingerprint density at radius 3 is 1.43 bits per heavy atom. The molecule has 0 aliphatic rings. The Bertz CT molecular complexity index is 308. The van der Waals surface area contributed by atoms with E-state index in [0.717, 1.165) is 0 Å². The van der Waals surface area contributed by atoms with Gasteiger partial charge in [-0.15, -0.1) is 0 Å². The van der Waals surface area contributed by atoms with Gasteiger partial charge in [-0.25, -0.2) is 0 Å². The van der Waals surface area contributed by atoms with Crippen molar-refractivity contribution in [2.45, 2.75) is 18.9 Å². The van der Waals surface area contributed by atoms with Gasteiger partial charge in [0.2, 0.25) is 0 Å². The van der Waals surface area contributed by atoms with Crippen molar-refractivity contribution in [3.05, 3.63) is 11.6 Å². The molecular formula is C5H12O7P2. The molecule has 0 amide bonds. The van der Waals surface area contributed by atoms with Crippen LogP contribution in [0.3, 0.4) is 0 Å². The minimum absolute atomic E-state index is 0.180. The lowest BCUT2D eigenvalue weighted by atomic mass is 10.3. The van der Waals surface area contributed by atoms with Crippen LogP contribution in [0.5, 0.6) is 0 Å². The predicted molar refractivity (Wildman–Crippen MR) is 48.5 cm³/mol. The predicted octanol–water partition coefficient (Wildman–Crippen LogP) is -0.0459. The average Bonchev–Trinajstić information content (AvgIpc) is 1.79. The maximum atomic E-state index is 10.7. The van der Waals surface area contributed by atoms with E-state index in [1.165, 1.54) is 13.8 Å². The molecule has 0 aromatic heterocycles. The summed E-state index contributed by atoms with van der Waals surface area (Å²) in [5.41, 5.74) is 0.180. The SMILES string of the molecule is CC(C)=CC(O)(P(=O)(O)O)P(=O)(O)O. The van der Waals surface area contributed by atoms with Crippen LogP contribution in [0.25, 0.3) is 0 Å². The van der Waals surface area contributed by atoms with Crippen LogP contribution in [0, 0.1) is 0 Å². The van der Waals surface area contributed by atoms with E-state index >= 15 is 0 Å². The van der Waals surface area contributed by atoms with E-state index in [4.69, 9.17) is 19.6 Å². The highest BCUT2D eigenvalue weighted by atomic mass is 31.2. The monoisotopic (exact) mass is 246 g/mol. The third-order valence-electron chi connectivity index (χ3n) is 1.34. The van der Waals surface area contributed by atoms with E-state index in [0.29, 0.717) is 6.08 Å². The molecule has 0 aliphatic heterocycles. The van der Waals surface area contributed by atoms with E-state index in [-0.39, 0.29) is 5.57 Å². The fourth-order valence-electron chi connectivity index (χ4n) is 0.725. The van der Waals surface area contributed by atoms with Gasteiger partial charge in [-0.3, -0.25) is 9.13 Å². The normalized spacial score (nSPS) is 13.9. The summed E-state index contributed by atoms with van der Waals surface area (Å²) in [5, 5.41) is 5.82. The lowest BCUT2D eigenvalue weighted by molar-refractivity contribution is 0.167. The summed E-state index contributed by atoms with van der Waals surface area (Å²) in [5.74, 6) is 0. The molecule has 0 atom stereocenters. The molecule has 14 heavy (non-hydrogen) atoms. The van der Waals surface area contributed by atoms with Crippen LogP contribution in [-0.2, 0) is 9.13 Å². The molecule has 0 aromatic carbocycles. The van der Waals surface area contributed by atoms with Gasteiger partial charge >= 0.3 is 15.2 Å². The molecule has 0 saturated carbocycles. The molecule has 0 heterocycles. The van der Waals surface area contributed by atoms with Crippen LogP contribution in [0.4, 0.5) is 0 Å². The van der Waals surface area contributed by atoms with Gasteiger partial charge < -0.3 is 24.7 Å². The summed E-state index contributed by atoms with van der Waals surface area (Å²) in [6, 6.07) is 0. The smallest absolute Gasteiger partial charge is 0.364 e. The number of rotatable bonds is 3. The molecular weight excluding hydrogens is 234 g/mol. The van der Waals surface area contributed by atoms with Crippen molar-refractivity contribution < 1.29 is 33.8 Å². The zero-order valence-corrected chi connectivity index (χ0v) is 9.31. The first-order valence-corrected chi connectivity index (χ1v) is 6.64. The first kappa shape index (κ1) is 14.0. The largest absolute Gasteiger partial charge is 0.373 e. The maximum Gasteiger partial charge on any atom is 0.373 e. The molecule has 7 nitrogen and oxygen atoms in total.